The van der Waals surface area contributed by atoms with Crippen LogP contribution in [0, 0.1) is 6.92 Å². The van der Waals surface area contributed by atoms with Gasteiger partial charge in [-0.2, -0.15) is 0 Å². The van der Waals surface area contributed by atoms with Gasteiger partial charge in [0.25, 0.3) is 0 Å². The second-order valence-corrected chi connectivity index (χ2v) is 7.14. The van der Waals surface area contributed by atoms with Crippen LogP contribution in [-0.2, 0) is 5.75 Å². The Morgan fingerprint density at radius 3 is 3.00 bits per heavy atom. The van der Waals surface area contributed by atoms with Crippen LogP contribution >= 0.6 is 27.7 Å². The third-order valence-corrected chi connectivity index (χ3v) is 4.95. The van der Waals surface area contributed by atoms with Crippen molar-refractivity contribution < 1.29 is 4.42 Å². The van der Waals surface area contributed by atoms with Crippen molar-refractivity contribution in [3.05, 3.63) is 58.7 Å². The van der Waals surface area contributed by atoms with Crippen molar-refractivity contribution in [1.82, 2.24) is 19.9 Å². The summed E-state index contributed by atoms with van der Waals surface area (Å²) in [5.74, 6) is 2.16. The van der Waals surface area contributed by atoms with Gasteiger partial charge in [0.1, 0.15) is 5.76 Å². The Labute approximate surface area is 151 Å². The molecule has 24 heavy (non-hydrogen) atoms. The predicted octanol–water partition coefficient (Wildman–Crippen LogP) is 4.98. The second-order valence-electron chi connectivity index (χ2n) is 5.26. The Balaban J connectivity index is 1.54. The maximum Gasteiger partial charge on any atom is 0.226 e. The fourth-order valence-electron chi connectivity index (χ4n) is 2.35. The van der Waals surface area contributed by atoms with E-state index in [-0.39, 0.29) is 0 Å². The van der Waals surface area contributed by atoms with Crippen LogP contribution in [0.2, 0.25) is 0 Å². The first-order valence-corrected chi connectivity index (χ1v) is 9.12. The van der Waals surface area contributed by atoms with Crippen molar-refractivity contribution in [2.75, 3.05) is 0 Å². The molecular formula is C17H13BrN4OS. The molecule has 0 saturated heterocycles. The smallest absolute Gasteiger partial charge is 0.226 e. The lowest BCUT2D eigenvalue weighted by Gasteiger charge is -1.95. The van der Waals surface area contributed by atoms with E-state index in [4.69, 9.17) is 4.42 Å². The quantitative estimate of drug-likeness (QED) is 0.489. The van der Waals surface area contributed by atoms with Gasteiger partial charge in [0.15, 0.2) is 5.16 Å². The molecule has 120 valence electrons. The Kier molecular flexibility index (Phi) is 4.12. The van der Waals surface area contributed by atoms with E-state index in [9.17, 15) is 0 Å². The topological polar surface area (TPSA) is 67.6 Å². The standard InChI is InChI=1S/C17H13BrN4OS/c1-10-15(20-16(23-10)11-3-2-4-12(18)7-11)9-24-17-21-13-5-6-19-8-14(13)22-17/h2-8H,9H2,1H3,(H,21,22). The number of fused-ring (bicyclic) bond motifs is 1. The van der Waals surface area contributed by atoms with E-state index in [1.54, 1.807) is 24.2 Å². The Hall–Kier alpha value is -2.12. The van der Waals surface area contributed by atoms with Crippen molar-refractivity contribution in [1.29, 1.82) is 0 Å². The molecule has 0 amide bonds. The summed E-state index contributed by atoms with van der Waals surface area (Å²) in [6.07, 6.45) is 3.52. The van der Waals surface area contributed by atoms with E-state index in [1.807, 2.05) is 37.3 Å². The lowest BCUT2D eigenvalue weighted by molar-refractivity contribution is 0.540. The summed E-state index contributed by atoms with van der Waals surface area (Å²) in [7, 11) is 0. The Morgan fingerprint density at radius 1 is 1.25 bits per heavy atom. The molecule has 4 aromatic rings. The van der Waals surface area contributed by atoms with Gasteiger partial charge in [0.2, 0.25) is 5.89 Å². The molecule has 3 heterocycles. The molecule has 0 aliphatic rings. The zero-order valence-electron chi connectivity index (χ0n) is 12.8. The highest BCUT2D eigenvalue weighted by molar-refractivity contribution is 9.10. The van der Waals surface area contributed by atoms with Crippen molar-refractivity contribution in [2.24, 2.45) is 0 Å². The first-order valence-electron chi connectivity index (χ1n) is 7.34. The number of halogens is 1. The molecule has 0 fully saturated rings. The third kappa shape index (κ3) is 3.09. The lowest BCUT2D eigenvalue weighted by Crippen LogP contribution is -1.85. The van der Waals surface area contributed by atoms with Crippen LogP contribution in [0.4, 0.5) is 0 Å². The number of oxazole rings is 1. The number of benzene rings is 1. The molecule has 0 saturated carbocycles. The van der Waals surface area contributed by atoms with Gasteiger partial charge in [-0.25, -0.2) is 9.97 Å². The number of thioether (sulfide) groups is 1. The third-order valence-electron chi connectivity index (χ3n) is 3.57. The van der Waals surface area contributed by atoms with Crippen molar-refractivity contribution in [3.8, 4) is 11.5 Å². The van der Waals surface area contributed by atoms with Gasteiger partial charge in [-0.3, -0.25) is 4.98 Å². The van der Waals surface area contributed by atoms with Crippen LogP contribution in [0.15, 0.2) is 56.8 Å². The van der Waals surface area contributed by atoms with Crippen LogP contribution in [0.5, 0.6) is 0 Å². The Bertz CT molecular complexity index is 978. The van der Waals surface area contributed by atoms with Gasteiger partial charge in [-0.1, -0.05) is 33.8 Å². The van der Waals surface area contributed by atoms with Crippen LogP contribution < -0.4 is 0 Å². The summed E-state index contributed by atoms with van der Waals surface area (Å²) >= 11 is 5.07. The summed E-state index contributed by atoms with van der Waals surface area (Å²) < 4.78 is 6.82. The van der Waals surface area contributed by atoms with Gasteiger partial charge in [0.05, 0.1) is 22.9 Å². The maximum atomic E-state index is 5.82. The normalized spacial score (nSPS) is 11.2. The molecule has 0 radical (unpaired) electrons. The minimum Gasteiger partial charge on any atom is -0.441 e. The fourth-order valence-corrected chi connectivity index (χ4v) is 3.63. The molecule has 0 aliphatic heterocycles. The number of nitrogens with zero attached hydrogens (tertiary/aromatic N) is 3. The highest BCUT2D eigenvalue weighted by Crippen LogP contribution is 2.28. The summed E-state index contributed by atoms with van der Waals surface area (Å²) in [6.45, 7) is 1.94. The van der Waals surface area contributed by atoms with Crippen LogP contribution in [-0.4, -0.2) is 19.9 Å². The SMILES string of the molecule is Cc1oc(-c2cccc(Br)c2)nc1CSc1nc2ccncc2[nH]1. The molecule has 1 N–H and O–H groups in total. The number of hydrogen-bond donors (Lipinski definition) is 1. The van der Waals surface area contributed by atoms with Crippen molar-refractivity contribution >= 4 is 38.7 Å². The number of hydrogen-bond acceptors (Lipinski definition) is 5. The number of H-pyrrole nitrogens is 1. The summed E-state index contributed by atoms with van der Waals surface area (Å²) in [5, 5.41) is 0.851. The summed E-state index contributed by atoms with van der Waals surface area (Å²) in [4.78, 5) is 16.5. The zero-order valence-corrected chi connectivity index (χ0v) is 15.2. The van der Waals surface area contributed by atoms with Gasteiger partial charge in [0, 0.05) is 22.0 Å². The van der Waals surface area contributed by atoms with E-state index in [0.29, 0.717) is 11.6 Å². The van der Waals surface area contributed by atoms with E-state index >= 15 is 0 Å². The average molecular weight is 401 g/mol. The molecule has 5 nitrogen and oxygen atoms in total. The Morgan fingerprint density at radius 2 is 2.17 bits per heavy atom. The van der Waals surface area contributed by atoms with Crippen LogP contribution in [0.1, 0.15) is 11.5 Å². The van der Waals surface area contributed by atoms with E-state index in [0.717, 1.165) is 37.7 Å². The number of imidazole rings is 1. The molecule has 7 heteroatoms. The highest BCUT2D eigenvalue weighted by atomic mass is 79.9. The molecule has 0 atom stereocenters. The largest absolute Gasteiger partial charge is 0.441 e. The molecule has 3 aromatic heterocycles. The molecule has 0 spiro atoms. The van der Waals surface area contributed by atoms with Crippen molar-refractivity contribution in [3.63, 3.8) is 0 Å². The second kappa shape index (κ2) is 6.41. The number of aromatic amines is 1. The van der Waals surface area contributed by atoms with E-state index in [1.165, 1.54) is 0 Å². The van der Waals surface area contributed by atoms with E-state index in [2.05, 4.69) is 35.9 Å². The minimum atomic E-state index is 0.637. The van der Waals surface area contributed by atoms with Gasteiger partial charge in [-0.05, 0) is 31.2 Å². The fraction of sp³-hybridized carbons (Fsp3) is 0.118. The lowest BCUT2D eigenvalue weighted by atomic mass is 10.2. The number of aromatic nitrogens is 4. The highest BCUT2D eigenvalue weighted by Gasteiger charge is 2.13. The number of rotatable bonds is 4. The summed E-state index contributed by atoms with van der Waals surface area (Å²) in [6, 6.07) is 9.82. The number of nitrogens with one attached hydrogen (secondary N) is 1. The molecular weight excluding hydrogens is 388 g/mol. The number of aryl methyl sites for hydroxylation is 1. The van der Waals surface area contributed by atoms with Crippen LogP contribution in [0.3, 0.4) is 0 Å². The maximum absolute atomic E-state index is 5.82. The number of pyridine rings is 1. The van der Waals surface area contributed by atoms with Crippen molar-refractivity contribution in [2.45, 2.75) is 17.8 Å². The first-order chi connectivity index (χ1) is 11.7. The van der Waals surface area contributed by atoms with E-state index < -0.39 is 0 Å². The first kappa shape index (κ1) is 15.4. The predicted molar refractivity (Wildman–Crippen MR) is 97.8 cm³/mol. The summed E-state index contributed by atoms with van der Waals surface area (Å²) in [5.41, 5.74) is 3.73. The van der Waals surface area contributed by atoms with Gasteiger partial charge in [-0.15, -0.1) is 0 Å². The van der Waals surface area contributed by atoms with Crippen LogP contribution in [0.25, 0.3) is 22.5 Å². The molecule has 1 aromatic carbocycles. The average Bonchev–Trinajstić information content (AvgIpc) is 3.16. The molecule has 0 bridgehead atoms. The molecule has 0 unspecified atom stereocenters. The molecule has 4 rings (SSSR count). The molecule has 0 aliphatic carbocycles. The van der Waals surface area contributed by atoms with Gasteiger partial charge < -0.3 is 9.40 Å². The monoisotopic (exact) mass is 400 g/mol. The van der Waals surface area contributed by atoms with Gasteiger partial charge >= 0.3 is 0 Å². The minimum absolute atomic E-state index is 0.637. The zero-order chi connectivity index (χ0) is 16.5.